The molecule has 2 rings (SSSR count). The second-order valence-electron chi connectivity index (χ2n) is 5.89. The normalized spacial score (nSPS) is 18.3. The number of rotatable bonds is 5. The van der Waals surface area contributed by atoms with Crippen molar-refractivity contribution in [2.45, 2.75) is 51.0 Å². The lowest BCUT2D eigenvalue weighted by molar-refractivity contribution is 0.353. The summed E-state index contributed by atoms with van der Waals surface area (Å²) in [6, 6.07) is 4.41. The van der Waals surface area contributed by atoms with Gasteiger partial charge in [-0.1, -0.05) is 13.8 Å². The van der Waals surface area contributed by atoms with Gasteiger partial charge in [0.2, 0.25) is 0 Å². The molecule has 1 aromatic carbocycles. The van der Waals surface area contributed by atoms with E-state index in [0.717, 1.165) is 11.5 Å². The Bertz CT molecular complexity index is 462. The number of benzene rings is 1. The van der Waals surface area contributed by atoms with Crippen molar-refractivity contribution in [2.75, 3.05) is 14.2 Å². The van der Waals surface area contributed by atoms with Gasteiger partial charge in [-0.2, -0.15) is 0 Å². The highest BCUT2D eigenvalue weighted by Crippen LogP contribution is 2.54. The summed E-state index contributed by atoms with van der Waals surface area (Å²) in [7, 11) is 3.36. The van der Waals surface area contributed by atoms with E-state index in [-0.39, 0.29) is 11.5 Å². The summed E-state index contributed by atoms with van der Waals surface area (Å²) in [5.41, 5.74) is 9.03. The van der Waals surface area contributed by atoms with Gasteiger partial charge >= 0.3 is 0 Å². The van der Waals surface area contributed by atoms with Gasteiger partial charge < -0.3 is 15.2 Å². The van der Waals surface area contributed by atoms with E-state index in [1.54, 1.807) is 14.2 Å². The average Bonchev–Trinajstić information content (AvgIpc) is 3.18. The second-order valence-corrected chi connectivity index (χ2v) is 5.89. The Morgan fingerprint density at radius 1 is 1.05 bits per heavy atom. The molecule has 3 nitrogen and oxygen atoms in total. The highest BCUT2D eigenvalue weighted by Gasteiger charge is 2.49. The summed E-state index contributed by atoms with van der Waals surface area (Å²) in [6.45, 7) is 6.53. The molecule has 1 fully saturated rings. The van der Waals surface area contributed by atoms with Crippen molar-refractivity contribution in [2.24, 2.45) is 5.73 Å². The quantitative estimate of drug-likeness (QED) is 0.887. The van der Waals surface area contributed by atoms with Gasteiger partial charge in [0.05, 0.1) is 14.2 Å². The van der Waals surface area contributed by atoms with Crippen LogP contribution in [0.4, 0.5) is 0 Å². The van der Waals surface area contributed by atoms with Crippen LogP contribution in [0.3, 0.4) is 0 Å². The molecule has 0 aromatic heterocycles. The van der Waals surface area contributed by atoms with E-state index in [9.17, 15) is 0 Å². The number of methoxy groups -OCH3 is 2. The highest BCUT2D eigenvalue weighted by atomic mass is 16.5. The Morgan fingerprint density at radius 2 is 1.58 bits per heavy atom. The Balaban J connectivity index is 2.58. The zero-order valence-corrected chi connectivity index (χ0v) is 12.6. The molecule has 1 aliphatic rings. The van der Waals surface area contributed by atoms with Crippen LogP contribution in [0, 0.1) is 0 Å². The summed E-state index contributed by atoms with van der Waals surface area (Å²) in [6.07, 6.45) is 2.33. The summed E-state index contributed by atoms with van der Waals surface area (Å²) in [4.78, 5) is 0. The molecule has 19 heavy (non-hydrogen) atoms. The largest absolute Gasteiger partial charge is 0.493 e. The van der Waals surface area contributed by atoms with E-state index in [0.29, 0.717) is 5.92 Å². The predicted molar refractivity (Wildman–Crippen MR) is 78.2 cm³/mol. The Labute approximate surface area is 116 Å². The first-order valence-corrected chi connectivity index (χ1v) is 6.98. The van der Waals surface area contributed by atoms with Gasteiger partial charge in [-0.05, 0) is 48.9 Å². The van der Waals surface area contributed by atoms with Crippen LogP contribution in [0.2, 0.25) is 0 Å². The first-order chi connectivity index (χ1) is 8.96. The maximum Gasteiger partial charge on any atom is 0.161 e. The smallest absolute Gasteiger partial charge is 0.161 e. The molecule has 106 valence electrons. The maximum absolute atomic E-state index is 6.22. The average molecular weight is 263 g/mol. The van der Waals surface area contributed by atoms with Crippen molar-refractivity contribution in [3.8, 4) is 11.5 Å². The van der Waals surface area contributed by atoms with E-state index in [2.05, 4.69) is 32.9 Å². The molecule has 1 atom stereocenters. The minimum absolute atomic E-state index is 0.138. The fourth-order valence-electron chi connectivity index (χ4n) is 2.91. The SMILES string of the molecule is COc1cc(C(C)C)c(C2(C(C)N)CC2)cc1OC. The van der Waals surface area contributed by atoms with Crippen LogP contribution in [0.15, 0.2) is 12.1 Å². The third-order valence-corrected chi connectivity index (χ3v) is 4.37. The molecule has 1 saturated carbocycles. The van der Waals surface area contributed by atoms with Crippen molar-refractivity contribution < 1.29 is 9.47 Å². The van der Waals surface area contributed by atoms with Crippen LogP contribution in [0.1, 0.15) is 50.7 Å². The molecule has 2 N–H and O–H groups in total. The van der Waals surface area contributed by atoms with Crippen molar-refractivity contribution in [1.82, 2.24) is 0 Å². The molecule has 1 aliphatic carbocycles. The molecule has 1 aromatic rings. The van der Waals surface area contributed by atoms with Crippen LogP contribution in [0.25, 0.3) is 0 Å². The van der Waals surface area contributed by atoms with E-state index in [4.69, 9.17) is 15.2 Å². The van der Waals surface area contributed by atoms with Gasteiger partial charge in [0, 0.05) is 11.5 Å². The number of nitrogens with two attached hydrogens (primary N) is 1. The molecular formula is C16H25NO2. The topological polar surface area (TPSA) is 44.5 Å². The molecule has 3 heteroatoms. The van der Waals surface area contributed by atoms with Crippen LogP contribution in [-0.2, 0) is 5.41 Å². The van der Waals surface area contributed by atoms with Gasteiger partial charge in [0.15, 0.2) is 11.5 Å². The van der Waals surface area contributed by atoms with Gasteiger partial charge in [-0.15, -0.1) is 0 Å². The molecule has 0 aliphatic heterocycles. The number of ether oxygens (including phenoxy) is 2. The van der Waals surface area contributed by atoms with Crippen LogP contribution < -0.4 is 15.2 Å². The Morgan fingerprint density at radius 3 is 1.95 bits per heavy atom. The number of hydrogen-bond acceptors (Lipinski definition) is 3. The third-order valence-electron chi connectivity index (χ3n) is 4.37. The summed E-state index contributed by atoms with van der Waals surface area (Å²) >= 11 is 0. The van der Waals surface area contributed by atoms with Gasteiger partial charge in [-0.3, -0.25) is 0 Å². The molecule has 0 bridgehead atoms. The van der Waals surface area contributed by atoms with Gasteiger partial charge in [-0.25, -0.2) is 0 Å². The van der Waals surface area contributed by atoms with Crippen LogP contribution in [0.5, 0.6) is 11.5 Å². The zero-order chi connectivity index (χ0) is 14.2. The van der Waals surface area contributed by atoms with Crippen molar-refractivity contribution >= 4 is 0 Å². The first kappa shape index (κ1) is 14.2. The van der Waals surface area contributed by atoms with E-state index >= 15 is 0 Å². The third kappa shape index (κ3) is 2.32. The fourth-order valence-corrected chi connectivity index (χ4v) is 2.91. The minimum atomic E-state index is 0.138. The van der Waals surface area contributed by atoms with Crippen molar-refractivity contribution in [3.05, 3.63) is 23.3 Å². The standard InChI is InChI=1S/C16H25NO2/c1-10(2)12-8-14(18-4)15(19-5)9-13(12)16(6-7-16)11(3)17/h8-11H,6-7,17H2,1-5H3. The molecule has 0 spiro atoms. The van der Waals surface area contributed by atoms with Gasteiger partial charge in [0.1, 0.15) is 0 Å². The maximum atomic E-state index is 6.22. The lowest BCUT2D eigenvalue weighted by Crippen LogP contribution is -2.32. The molecule has 0 heterocycles. The molecule has 1 unspecified atom stereocenters. The predicted octanol–water partition coefficient (Wildman–Crippen LogP) is 3.21. The number of hydrogen-bond donors (Lipinski definition) is 1. The Kier molecular flexibility index (Phi) is 3.77. The van der Waals surface area contributed by atoms with Crippen molar-refractivity contribution in [3.63, 3.8) is 0 Å². The van der Waals surface area contributed by atoms with Crippen LogP contribution in [-0.4, -0.2) is 20.3 Å². The lowest BCUT2D eigenvalue weighted by atomic mass is 9.82. The van der Waals surface area contributed by atoms with E-state index < -0.39 is 0 Å². The van der Waals surface area contributed by atoms with Crippen LogP contribution >= 0.6 is 0 Å². The Hall–Kier alpha value is -1.22. The summed E-state index contributed by atoms with van der Waals surface area (Å²) in [5, 5.41) is 0. The monoisotopic (exact) mass is 263 g/mol. The molecular weight excluding hydrogens is 238 g/mol. The molecule has 0 amide bonds. The van der Waals surface area contributed by atoms with E-state index in [1.165, 1.54) is 24.0 Å². The second kappa shape index (κ2) is 5.04. The van der Waals surface area contributed by atoms with E-state index in [1.807, 2.05) is 0 Å². The van der Waals surface area contributed by atoms with Crippen molar-refractivity contribution in [1.29, 1.82) is 0 Å². The lowest BCUT2D eigenvalue weighted by Gasteiger charge is -2.26. The molecule has 0 saturated heterocycles. The highest BCUT2D eigenvalue weighted by molar-refractivity contribution is 5.53. The summed E-state index contributed by atoms with van der Waals surface area (Å²) < 4.78 is 10.9. The minimum Gasteiger partial charge on any atom is -0.493 e. The first-order valence-electron chi connectivity index (χ1n) is 6.98. The fraction of sp³-hybridized carbons (Fsp3) is 0.625. The summed E-state index contributed by atoms with van der Waals surface area (Å²) in [5.74, 6) is 2.05. The molecule has 0 radical (unpaired) electrons. The van der Waals surface area contributed by atoms with Gasteiger partial charge in [0.25, 0.3) is 0 Å². The zero-order valence-electron chi connectivity index (χ0n) is 12.6.